The van der Waals surface area contributed by atoms with Gasteiger partial charge in [-0.05, 0) is 62.9 Å². The molecule has 1 aromatic rings. The van der Waals surface area contributed by atoms with E-state index in [4.69, 9.17) is 4.74 Å². The van der Waals surface area contributed by atoms with Crippen LogP contribution in [0.3, 0.4) is 0 Å². The summed E-state index contributed by atoms with van der Waals surface area (Å²) in [5, 5.41) is 12.4. The highest BCUT2D eigenvalue weighted by Crippen LogP contribution is 2.16. The Kier molecular flexibility index (Phi) is 7.53. The van der Waals surface area contributed by atoms with E-state index < -0.39 is 0 Å². The average Bonchev–Trinajstić information content (AvgIpc) is 2.56. The number of amides is 1. The normalized spacial score (nSPS) is 16.1. The molecule has 1 saturated heterocycles. The Morgan fingerprint density at radius 2 is 2.04 bits per heavy atom. The Morgan fingerprint density at radius 1 is 1.29 bits per heavy atom. The summed E-state index contributed by atoms with van der Waals surface area (Å²) in [6.45, 7) is 8.11. The van der Waals surface area contributed by atoms with Crippen molar-refractivity contribution in [2.75, 3.05) is 32.8 Å². The van der Waals surface area contributed by atoms with Crippen LogP contribution in [0.5, 0.6) is 5.75 Å². The van der Waals surface area contributed by atoms with E-state index in [0.717, 1.165) is 44.6 Å². The minimum atomic E-state index is -0.127. The summed E-state index contributed by atoms with van der Waals surface area (Å²) in [5.41, 5.74) is 2.44. The van der Waals surface area contributed by atoms with Gasteiger partial charge in [-0.1, -0.05) is 6.07 Å². The molecule has 134 valence electrons. The highest BCUT2D eigenvalue weighted by Gasteiger charge is 2.16. The van der Waals surface area contributed by atoms with Crippen molar-refractivity contribution in [2.24, 2.45) is 0 Å². The van der Waals surface area contributed by atoms with Gasteiger partial charge in [-0.25, -0.2) is 0 Å². The van der Waals surface area contributed by atoms with Gasteiger partial charge in [0, 0.05) is 19.6 Å². The number of ether oxygens (including phenoxy) is 1. The van der Waals surface area contributed by atoms with E-state index >= 15 is 0 Å². The second-order valence-corrected chi connectivity index (χ2v) is 6.62. The van der Waals surface area contributed by atoms with Crippen LogP contribution in [-0.4, -0.2) is 54.8 Å². The van der Waals surface area contributed by atoms with Gasteiger partial charge >= 0.3 is 0 Å². The summed E-state index contributed by atoms with van der Waals surface area (Å²) < 4.78 is 5.63. The largest absolute Gasteiger partial charge is 0.493 e. The SMILES string of the molecule is Cc1ccc(OCCC(=O)NCCCN2CCC(O)CC2)cc1C. The number of hydrogen-bond donors (Lipinski definition) is 2. The van der Waals surface area contributed by atoms with Gasteiger partial charge < -0.3 is 20.1 Å². The summed E-state index contributed by atoms with van der Waals surface area (Å²) in [6.07, 6.45) is 2.92. The molecule has 1 aliphatic heterocycles. The number of aryl methyl sites for hydroxylation is 2. The quantitative estimate of drug-likeness (QED) is 0.714. The van der Waals surface area contributed by atoms with Crippen LogP contribution in [0.25, 0.3) is 0 Å². The minimum absolute atomic E-state index is 0.0351. The third-order valence-electron chi connectivity index (χ3n) is 4.61. The molecule has 2 rings (SSSR count). The minimum Gasteiger partial charge on any atom is -0.493 e. The van der Waals surface area contributed by atoms with Crippen LogP contribution < -0.4 is 10.1 Å². The average molecular weight is 334 g/mol. The Hall–Kier alpha value is -1.59. The lowest BCUT2D eigenvalue weighted by molar-refractivity contribution is -0.121. The van der Waals surface area contributed by atoms with Gasteiger partial charge in [-0.3, -0.25) is 4.79 Å². The molecule has 0 radical (unpaired) electrons. The van der Waals surface area contributed by atoms with E-state index in [9.17, 15) is 9.90 Å². The molecular formula is C19H30N2O3. The van der Waals surface area contributed by atoms with Crippen molar-refractivity contribution in [3.8, 4) is 5.75 Å². The fourth-order valence-corrected chi connectivity index (χ4v) is 2.83. The molecule has 24 heavy (non-hydrogen) atoms. The molecule has 0 spiro atoms. The summed E-state index contributed by atoms with van der Waals surface area (Å²) in [7, 11) is 0. The first-order valence-electron chi connectivity index (χ1n) is 8.92. The molecule has 0 saturated carbocycles. The van der Waals surface area contributed by atoms with Crippen molar-refractivity contribution >= 4 is 5.91 Å². The molecule has 1 fully saturated rings. The summed E-state index contributed by atoms with van der Waals surface area (Å²) in [4.78, 5) is 14.2. The first-order valence-corrected chi connectivity index (χ1v) is 8.92. The fourth-order valence-electron chi connectivity index (χ4n) is 2.83. The number of carbonyl (C=O) groups excluding carboxylic acids is 1. The number of carbonyl (C=O) groups is 1. The van der Waals surface area contributed by atoms with Gasteiger partial charge in [-0.15, -0.1) is 0 Å². The van der Waals surface area contributed by atoms with Crippen LogP contribution in [0.2, 0.25) is 0 Å². The monoisotopic (exact) mass is 334 g/mol. The molecule has 1 aromatic carbocycles. The highest BCUT2D eigenvalue weighted by atomic mass is 16.5. The van der Waals surface area contributed by atoms with E-state index in [1.54, 1.807) is 0 Å². The Labute approximate surface area is 145 Å². The van der Waals surface area contributed by atoms with Crippen LogP contribution in [0.4, 0.5) is 0 Å². The third-order valence-corrected chi connectivity index (χ3v) is 4.61. The number of aliphatic hydroxyl groups is 1. The molecule has 5 heteroatoms. The molecule has 0 aromatic heterocycles. The standard InChI is InChI=1S/C19H30N2O3/c1-15-4-5-18(14-16(15)2)24-13-8-19(23)20-9-3-10-21-11-6-17(22)7-12-21/h4-5,14,17,22H,3,6-13H2,1-2H3,(H,20,23). The van der Waals surface area contributed by atoms with Crippen LogP contribution >= 0.6 is 0 Å². The lowest BCUT2D eigenvalue weighted by Crippen LogP contribution is -2.37. The Balaban J connectivity index is 1.52. The molecule has 1 amide bonds. The second kappa shape index (κ2) is 9.64. The maximum atomic E-state index is 11.8. The lowest BCUT2D eigenvalue weighted by Gasteiger charge is -2.29. The predicted molar refractivity (Wildman–Crippen MR) is 95.3 cm³/mol. The van der Waals surface area contributed by atoms with Crippen LogP contribution in [0, 0.1) is 13.8 Å². The number of nitrogens with one attached hydrogen (secondary N) is 1. The molecule has 0 unspecified atom stereocenters. The van der Waals surface area contributed by atoms with Gasteiger partial charge in [-0.2, -0.15) is 0 Å². The van der Waals surface area contributed by atoms with Crippen molar-refractivity contribution in [1.82, 2.24) is 10.2 Å². The van der Waals surface area contributed by atoms with Gasteiger partial charge in [0.2, 0.25) is 5.91 Å². The number of rotatable bonds is 8. The summed E-state index contributed by atoms with van der Waals surface area (Å²) in [6, 6.07) is 5.98. The highest BCUT2D eigenvalue weighted by molar-refractivity contribution is 5.75. The van der Waals surface area contributed by atoms with E-state index in [1.807, 2.05) is 18.2 Å². The molecule has 1 heterocycles. The number of nitrogens with zero attached hydrogens (tertiary/aromatic N) is 1. The second-order valence-electron chi connectivity index (χ2n) is 6.62. The zero-order chi connectivity index (χ0) is 17.4. The van der Waals surface area contributed by atoms with Gasteiger partial charge in [0.15, 0.2) is 0 Å². The maximum Gasteiger partial charge on any atom is 0.223 e. The summed E-state index contributed by atoms with van der Waals surface area (Å²) >= 11 is 0. The topological polar surface area (TPSA) is 61.8 Å². The molecule has 1 aliphatic rings. The molecule has 0 bridgehead atoms. The van der Waals surface area contributed by atoms with Gasteiger partial charge in [0.25, 0.3) is 0 Å². The predicted octanol–water partition coefficient (Wildman–Crippen LogP) is 2.04. The van der Waals surface area contributed by atoms with E-state index in [0.29, 0.717) is 19.6 Å². The van der Waals surface area contributed by atoms with Crippen molar-refractivity contribution in [3.05, 3.63) is 29.3 Å². The third kappa shape index (κ3) is 6.49. The smallest absolute Gasteiger partial charge is 0.223 e. The van der Waals surface area contributed by atoms with Crippen LogP contribution in [0.15, 0.2) is 18.2 Å². The van der Waals surface area contributed by atoms with Crippen LogP contribution in [0.1, 0.15) is 36.8 Å². The van der Waals surface area contributed by atoms with Crippen molar-refractivity contribution < 1.29 is 14.6 Å². The molecular weight excluding hydrogens is 304 g/mol. The zero-order valence-electron chi connectivity index (χ0n) is 14.9. The van der Waals surface area contributed by atoms with Crippen molar-refractivity contribution in [3.63, 3.8) is 0 Å². The number of benzene rings is 1. The van der Waals surface area contributed by atoms with E-state index in [1.165, 1.54) is 11.1 Å². The van der Waals surface area contributed by atoms with Crippen LogP contribution in [-0.2, 0) is 4.79 Å². The number of aliphatic hydroxyl groups excluding tert-OH is 1. The van der Waals surface area contributed by atoms with E-state index in [2.05, 4.69) is 24.1 Å². The fraction of sp³-hybridized carbons (Fsp3) is 0.632. The molecule has 0 aliphatic carbocycles. The van der Waals surface area contributed by atoms with Gasteiger partial charge in [0.05, 0.1) is 19.1 Å². The first-order chi connectivity index (χ1) is 11.5. The Morgan fingerprint density at radius 3 is 2.75 bits per heavy atom. The maximum absolute atomic E-state index is 11.8. The van der Waals surface area contributed by atoms with Crippen molar-refractivity contribution in [1.29, 1.82) is 0 Å². The zero-order valence-corrected chi connectivity index (χ0v) is 14.9. The number of likely N-dealkylation sites (tertiary alicyclic amines) is 1. The molecule has 2 N–H and O–H groups in total. The summed E-state index contributed by atoms with van der Waals surface area (Å²) in [5.74, 6) is 0.853. The molecule has 5 nitrogen and oxygen atoms in total. The van der Waals surface area contributed by atoms with E-state index in [-0.39, 0.29) is 12.0 Å². The lowest BCUT2D eigenvalue weighted by atomic mass is 10.1. The number of hydrogen-bond acceptors (Lipinski definition) is 4. The Bertz CT molecular complexity index is 525. The van der Waals surface area contributed by atoms with Crippen molar-refractivity contribution in [2.45, 2.75) is 45.6 Å². The number of piperidine rings is 1. The first kappa shape index (κ1) is 18.7. The molecule has 0 atom stereocenters. The van der Waals surface area contributed by atoms with Gasteiger partial charge in [0.1, 0.15) is 5.75 Å².